The smallest absolute Gasteiger partial charge is 0.410 e. The molecule has 3 rings (SSSR count). The van der Waals surface area contributed by atoms with E-state index in [-0.39, 0.29) is 12.3 Å². The summed E-state index contributed by atoms with van der Waals surface area (Å²) < 4.78 is 11.1. The molecule has 2 aromatic carbocycles. The zero-order valence-corrected chi connectivity index (χ0v) is 19.7. The van der Waals surface area contributed by atoms with Crippen molar-refractivity contribution in [1.29, 1.82) is 0 Å². The van der Waals surface area contributed by atoms with Gasteiger partial charge in [0.2, 0.25) is 17.7 Å². The largest absolute Gasteiger partial charge is 0.444 e. The lowest BCUT2D eigenvalue weighted by atomic mass is 10.1. The van der Waals surface area contributed by atoms with Gasteiger partial charge in [-0.25, -0.2) is 4.79 Å². The molecule has 1 heterocycles. The molecule has 0 radical (unpaired) electrons. The van der Waals surface area contributed by atoms with Gasteiger partial charge < -0.3 is 19.4 Å². The van der Waals surface area contributed by atoms with Gasteiger partial charge in [-0.1, -0.05) is 29.8 Å². The third-order valence-corrected chi connectivity index (χ3v) is 4.67. The van der Waals surface area contributed by atoms with Gasteiger partial charge in [-0.15, -0.1) is 10.2 Å². The first-order chi connectivity index (χ1) is 15.6. The van der Waals surface area contributed by atoms with E-state index in [0.717, 1.165) is 16.7 Å². The molecule has 0 bridgehead atoms. The number of carbonyl (C=O) groups excluding carboxylic acids is 2. The quantitative estimate of drug-likeness (QED) is 0.545. The summed E-state index contributed by atoms with van der Waals surface area (Å²) >= 11 is 0. The molecule has 0 atom stereocenters. The van der Waals surface area contributed by atoms with Crippen molar-refractivity contribution in [1.82, 2.24) is 15.1 Å². The summed E-state index contributed by atoms with van der Waals surface area (Å²) in [7, 11) is 1.68. The molecule has 33 heavy (non-hydrogen) atoms. The van der Waals surface area contributed by atoms with E-state index >= 15 is 0 Å². The highest BCUT2D eigenvalue weighted by molar-refractivity contribution is 5.90. The molecular formula is C25H30N4O4. The van der Waals surface area contributed by atoms with Gasteiger partial charge in [0.1, 0.15) is 5.60 Å². The van der Waals surface area contributed by atoms with Crippen molar-refractivity contribution >= 4 is 17.7 Å². The lowest BCUT2D eigenvalue weighted by molar-refractivity contribution is -0.116. The number of nitrogens with zero attached hydrogens (tertiary/aromatic N) is 3. The van der Waals surface area contributed by atoms with Crippen molar-refractivity contribution in [3.63, 3.8) is 0 Å². The Morgan fingerprint density at radius 1 is 1.09 bits per heavy atom. The highest BCUT2D eigenvalue weighted by Gasteiger charge is 2.19. The van der Waals surface area contributed by atoms with Crippen LogP contribution in [0.15, 0.2) is 52.9 Å². The third-order valence-electron chi connectivity index (χ3n) is 4.67. The number of nitrogens with one attached hydrogen (secondary N) is 1. The van der Waals surface area contributed by atoms with Gasteiger partial charge in [-0.2, -0.15) is 0 Å². The maximum atomic E-state index is 12.4. The Morgan fingerprint density at radius 3 is 2.52 bits per heavy atom. The second-order valence-corrected chi connectivity index (χ2v) is 8.95. The lowest BCUT2D eigenvalue weighted by Gasteiger charge is -2.24. The SMILES string of the molecule is Cc1ccc(-c2nnc(CCC(=O)Nc3cccc(CN(C)C(=O)OC(C)(C)C)c3)o2)cc1. The molecule has 1 aromatic heterocycles. The number of hydrogen-bond acceptors (Lipinski definition) is 6. The van der Waals surface area contributed by atoms with Crippen molar-refractivity contribution in [3.8, 4) is 11.5 Å². The summed E-state index contributed by atoms with van der Waals surface area (Å²) in [5.74, 6) is 0.684. The fraction of sp³-hybridized carbons (Fsp3) is 0.360. The van der Waals surface area contributed by atoms with Crippen molar-refractivity contribution in [2.24, 2.45) is 0 Å². The molecule has 0 aliphatic carbocycles. The number of rotatable bonds is 7. The highest BCUT2D eigenvalue weighted by Crippen LogP contribution is 2.19. The zero-order valence-electron chi connectivity index (χ0n) is 19.7. The van der Waals surface area contributed by atoms with E-state index in [1.54, 1.807) is 13.1 Å². The van der Waals surface area contributed by atoms with Crippen molar-refractivity contribution < 1.29 is 18.7 Å². The Kier molecular flexibility index (Phi) is 7.48. The Hall–Kier alpha value is -3.68. The van der Waals surface area contributed by atoms with Crippen molar-refractivity contribution in [2.45, 2.75) is 52.7 Å². The maximum Gasteiger partial charge on any atom is 0.410 e. The summed E-state index contributed by atoms with van der Waals surface area (Å²) in [5.41, 5.74) is 2.97. The lowest BCUT2D eigenvalue weighted by Crippen LogP contribution is -2.33. The molecule has 0 aliphatic rings. The van der Waals surface area contributed by atoms with E-state index in [1.807, 2.05) is 70.2 Å². The van der Waals surface area contributed by atoms with Crippen LogP contribution in [0.1, 0.15) is 44.2 Å². The Balaban J connectivity index is 1.52. The number of aromatic nitrogens is 2. The molecule has 0 unspecified atom stereocenters. The molecule has 2 amide bonds. The maximum absolute atomic E-state index is 12.4. The molecule has 1 N–H and O–H groups in total. The van der Waals surface area contributed by atoms with Gasteiger partial charge >= 0.3 is 6.09 Å². The average Bonchev–Trinajstić information content (AvgIpc) is 3.21. The molecule has 0 saturated carbocycles. The standard InChI is InChI=1S/C25H30N4O4/c1-17-9-11-19(12-10-17)23-28-27-22(32-23)14-13-21(30)26-20-8-6-7-18(15-20)16-29(5)24(31)33-25(2,3)4/h6-12,15H,13-14,16H2,1-5H3,(H,26,30). The van der Waals surface area contributed by atoms with Gasteiger partial charge in [-0.05, 0) is 57.5 Å². The molecule has 0 spiro atoms. The number of ether oxygens (including phenoxy) is 1. The fourth-order valence-corrected chi connectivity index (χ4v) is 3.04. The van der Waals surface area contributed by atoms with E-state index in [1.165, 1.54) is 4.90 Å². The Bertz CT molecular complexity index is 1100. The van der Waals surface area contributed by atoms with Gasteiger partial charge in [0.25, 0.3) is 0 Å². The molecule has 8 heteroatoms. The minimum atomic E-state index is -0.555. The normalized spacial score (nSPS) is 11.2. The predicted octanol–water partition coefficient (Wildman–Crippen LogP) is 4.98. The topological polar surface area (TPSA) is 97.6 Å². The predicted molar refractivity (Wildman–Crippen MR) is 126 cm³/mol. The molecular weight excluding hydrogens is 420 g/mol. The van der Waals surface area contributed by atoms with Crippen LogP contribution in [0.25, 0.3) is 11.5 Å². The zero-order chi connectivity index (χ0) is 24.0. The number of aryl methyl sites for hydroxylation is 2. The minimum Gasteiger partial charge on any atom is -0.444 e. The van der Waals surface area contributed by atoms with E-state index in [0.29, 0.717) is 30.4 Å². The summed E-state index contributed by atoms with van der Waals surface area (Å²) in [5, 5.41) is 11.0. The van der Waals surface area contributed by atoms with Crippen LogP contribution in [0.3, 0.4) is 0 Å². The second-order valence-electron chi connectivity index (χ2n) is 8.95. The first-order valence-electron chi connectivity index (χ1n) is 10.8. The molecule has 0 fully saturated rings. The third kappa shape index (κ3) is 7.45. The van der Waals surface area contributed by atoms with E-state index in [4.69, 9.17) is 9.15 Å². The highest BCUT2D eigenvalue weighted by atomic mass is 16.6. The van der Waals surface area contributed by atoms with Gasteiger partial charge in [0.15, 0.2) is 0 Å². The fourth-order valence-electron chi connectivity index (χ4n) is 3.04. The first-order valence-corrected chi connectivity index (χ1v) is 10.8. The van der Waals surface area contributed by atoms with E-state index in [9.17, 15) is 9.59 Å². The summed E-state index contributed by atoms with van der Waals surface area (Å²) in [4.78, 5) is 26.1. The van der Waals surface area contributed by atoms with Crippen LogP contribution in [-0.4, -0.2) is 39.7 Å². The van der Waals surface area contributed by atoms with Gasteiger partial charge in [-0.3, -0.25) is 4.79 Å². The minimum absolute atomic E-state index is 0.164. The monoisotopic (exact) mass is 450 g/mol. The number of anilines is 1. The molecule has 3 aromatic rings. The van der Waals surface area contributed by atoms with Crippen LogP contribution in [0, 0.1) is 6.92 Å². The number of hydrogen-bond donors (Lipinski definition) is 1. The second kappa shape index (κ2) is 10.3. The average molecular weight is 451 g/mol. The van der Waals surface area contributed by atoms with Crippen LogP contribution in [-0.2, 0) is 22.5 Å². The molecule has 8 nitrogen and oxygen atoms in total. The van der Waals surface area contributed by atoms with Gasteiger partial charge in [0.05, 0.1) is 0 Å². The van der Waals surface area contributed by atoms with Crippen LogP contribution in [0.5, 0.6) is 0 Å². The number of carbonyl (C=O) groups is 2. The summed E-state index contributed by atoms with van der Waals surface area (Å²) in [6.45, 7) is 7.85. The van der Waals surface area contributed by atoms with E-state index < -0.39 is 11.7 Å². The molecule has 0 aliphatic heterocycles. The summed E-state index contributed by atoms with van der Waals surface area (Å²) in [6.07, 6.45) is 0.144. The van der Waals surface area contributed by atoms with E-state index in [2.05, 4.69) is 15.5 Å². The van der Waals surface area contributed by atoms with Crippen LogP contribution < -0.4 is 5.32 Å². The van der Waals surface area contributed by atoms with Crippen LogP contribution in [0.4, 0.5) is 10.5 Å². The van der Waals surface area contributed by atoms with Crippen LogP contribution >= 0.6 is 0 Å². The van der Waals surface area contributed by atoms with Crippen molar-refractivity contribution in [3.05, 3.63) is 65.5 Å². The molecule has 174 valence electrons. The Labute approximate surface area is 194 Å². The van der Waals surface area contributed by atoms with Crippen LogP contribution in [0.2, 0.25) is 0 Å². The number of benzene rings is 2. The van der Waals surface area contributed by atoms with Gasteiger partial charge in [0, 0.05) is 37.7 Å². The van der Waals surface area contributed by atoms with Crippen molar-refractivity contribution in [2.75, 3.05) is 12.4 Å². The summed E-state index contributed by atoms with van der Waals surface area (Å²) in [6, 6.07) is 15.2. The Morgan fingerprint density at radius 2 is 1.82 bits per heavy atom. The molecule has 0 saturated heterocycles. The number of amides is 2. The first kappa shape index (κ1) is 24.0.